The van der Waals surface area contributed by atoms with Crippen LogP contribution in [0.3, 0.4) is 0 Å². The maximum atomic E-state index is 10.8. The van der Waals surface area contributed by atoms with Crippen LogP contribution in [0.5, 0.6) is 0 Å². The topological polar surface area (TPSA) is 26.3 Å². The highest BCUT2D eigenvalue weighted by Gasteiger charge is 2.00. The Morgan fingerprint density at radius 3 is 2.64 bits per heavy atom. The largest absolute Gasteiger partial charge is 0.468 e. The SMILES string of the molecule is COC(=O)CSCc1ccc(Br)cc1. The number of hydrogen-bond donors (Lipinski definition) is 0. The van der Waals surface area contributed by atoms with Crippen molar-refractivity contribution < 1.29 is 9.53 Å². The van der Waals surface area contributed by atoms with Gasteiger partial charge in [-0.25, -0.2) is 0 Å². The van der Waals surface area contributed by atoms with E-state index >= 15 is 0 Å². The lowest BCUT2D eigenvalue weighted by Crippen LogP contribution is -2.03. The zero-order valence-electron chi connectivity index (χ0n) is 7.83. The third kappa shape index (κ3) is 4.15. The lowest BCUT2D eigenvalue weighted by atomic mass is 10.2. The first-order chi connectivity index (χ1) is 6.72. The molecule has 4 heteroatoms. The molecular weight excluding hydrogens is 264 g/mol. The predicted molar refractivity (Wildman–Crippen MR) is 62.3 cm³/mol. The van der Waals surface area contributed by atoms with Crippen LogP contribution in [0.2, 0.25) is 0 Å². The van der Waals surface area contributed by atoms with Crippen molar-refractivity contribution in [2.45, 2.75) is 5.75 Å². The molecule has 0 radical (unpaired) electrons. The summed E-state index contributed by atoms with van der Waals surface area (Å²) in [5, 5.41) is 0. The van der Waals surface area contributed by atoms with E-state index in [0.717, 1.165) is 10.2 Å². The summed E-state index contributed by atoms with van der Waals surface area (Å²) in [4.78, 5) is 10.8. The fourth-order valence-electron chi connectivity index (χ4n) is 0.892. The molecule has 0 aliphatic rings. The molecule has 0 bridgehead atoms. The second-order valence-corrected chi connectivity index (χ2v) is 4.60. The van der Waals surface area contributed by atoms with Crippen LogP contribution in [-0.2, 0) is 15.3 Å². The molecule has 1 aromatic carbocycles. The van der Waals surface area contributed by atoms with Gasteiger partial charge in [0.25, 0.3) is 0 Å². The van der Waals surface area contributed by atoms with Gasteiger partial charge in [0.15, 0.2) is 0 Å². The second kappa shape index (κ2) is 6.09. The molecule has 0 aromatic heterocycles. The first kappa shape index (κ1) is 11.6. The monoisotopic (exact) mass is 274 g/mol. The Morgan fingerprint density at radius 2 is 2.07 bits per heavy atom. The standard InChI is InChI=1S/C10H11BrO2S/c1-13-10(12)7-14-6-8-2-4-9(11)5-3-8/h2-5H,6-7H2,1H3. The Morgan fingerprint density at radius 1 is 1.43 bits per heavy atom. The fourth-order valence-corrected chi connectivity index (χ4v) is 1.97. The Hall–Kier alpha value is -0.480. The van der Waals surface area contributed by atoms with E-state index in [2.05, 4.69) is 20.7 Å². The van der Waals surface area contributed by atoms with Crippen LogP contribution in [0.4, 0.5) is 0 Å². The molecule has 0 spiro atoms. The molecule has 0 saturated carbocycles. The molecule has 1 rings (SSSR count). The van der Waals surface area contributed by atoms with Crippen LogP contribution in [0.1, 0.15) is 5.56 Å². The lowest BCUT2D eigenvalue weighted by Gasteiger charge is -2.00. The van der Waals surface area contributed by atoms with Crippen LogP contribution >= 0.6 is 27.7 Å². The summed E-state index contributed by atoms with van der Waals surface area (Å²) in [6, 6.07) is 8.06. The lowest BCUT2D eigenvalue weighted by molar-refractivity contribution is -0.137. The number of carbonyl (C=O) groups is 1. The van der Waals surface area contributed by atoms with E-state index in [1.807, 2.05) is 24.3 Å². The number of hydrogen-bond acceptors (Lipinski definition) is 3. The molecule has 14 heavy (non-hydrogen) atoms. The van der Waals surface area contributed by atoms with Crippen LogP contribution in [0.15, 0.2) is 28.7 Å². The van der Waals surface area contributed by atoms with Crippen molar-refractivity contribution in [1.29, 1.82) is 0 Å². The third-order valence-corrected chi connectivity index (χ3v) is 3.14. The van der Waals surface area contributed by atoms with Crippen molar-refractivity contribution in [1.82, 2.24) is 0 Å². The van der Waals surface area contributed by atoms with Gasteiger partial charge in [0.05, 0.1) is 12.9 Å². The van der Waals surface area contributed by atoms with Gasteiger partial charge in [-0.1, -0.05) is 28.1 Å². The van der Waals surface area contributed by atoms with Gasteiger partial charge in [0.1, 0.15) is 0 Å². The average Bonchev–Trinajstić information content (AvgIpc) is 2.21. The van der Waals surface area contributed by atoms with Crippen LogP contribution < -0.4 is 0 Å². The zero-order valence-corrected chi connectivity index (χ0v) is 10.2. The van der Waals surface area contributed by atoms with E-state index in [0.29, 0.717) is 5.75 Å². The minimum atomic E-state index is -0.174. The maximum Gasteiger partial charge on any atom is 0.315 e. The molecule has 2 nitrogen and oxygen atoms in total. The normalized spacial score (nSPS) is 9.86. The maximum absolute atomic E-state index is 10.8. The van der Waals surface area contributed by atoms with Crippen molar-refractivity contribution in [2.24, 2.45) is 0 Å². The Balaban J connectivity index is 2.31. The summed E-state index contributed by atoms with van der Waals surface area (Å²) in [7, 11) is 1.41. The van der Waals surface area contributed by atoms with Gasteiger partial charge in [-0.05, 0) is 17.7 Å². The molecule has 0 unspecified atom stereocenters. The number of benzene rings is 1. The summed E-state index contributed by atoms with van der Waals surface area (Å²) in [5.41, 5.74) is 1.21. The molecule has 0 N–H and O–H groups in total. The van der Waals surface area contributed by atoms with Gasteiger partial charge in [0.2, 0.25) is 0 Å². The molecule has 0 saturated heterocycles. The van der Waals surface area contributed by atoms with Gasteiger partial charge in [-0.2, -0.15) is 0 Å². The first-order valence-electron chi connectivity index (χ1n) is 4.11. The molecule has 0 aliphatic carbocycles. The molecule has 0 heterocycles. The summed E-state index contributed by atoms with van der Waals surface area (Å²) in [5.74, 6) is 1.07. The van der Waals surface area contributed by atoms with E-state index in [4.69, 9.17) is 0 Å². The van der Waals surface area contributed by atoms with E-state index in [-0.39, 0.29) is 5.97 Å². The van der Waals surface area contributed by atoms with Crippen molar-refractivity contribution in [2.75, 3.05) is 12.9 Å². The van der Waals surface area contributed by atoms with Crippen LogP contribution in [0.25, 0.3) is 0 Å². The number of carbonyl (C=O) groups excluding carboxylic acids is 1. The zero-order chi connectivity index (χ0) is 10.4. The van der Waals surface area contributed by atoms with Crippen molar-refractivity contribution in [3.8, 4) is 0 Å². The highest BCUT2D eigenvalue weighted by atomic mass is 79.9. The smallest absolute Gasteiger partial charge is 0.315 e. The van der Waals surface area contributed by atoms with E-state index in [9.17, 15) is 4.79 Å². The minimum absolute atomic E-state index is 0.174. The van der Waals surface area contributed by atoms with Crippen LogP contribution in [-0.4, -0.2) is 18.8 Å². The molecule has 0 fully saturated rings. The van der Waals surface area contributed by atoms with E-state index in [1.165, 1.54) is 12.7 Å². The first-order valence-corrected chi connectivity index (χ1v) is 6.06. The summed E-state index contributed by atoms with van der Waals surface area (Å²) < 4.78 is 5.61. The highest BCUT2D eigenvalue weighted by molar-refractivity contribution is 9.10. The molecule has 0 amide bonds. The van der Waals surface area contributed by atoms with Crippen molar-refractivity contribution in [3.05, 3.63) is 34.3 Å². The van der Waals surface area contributed by atoms with Gasteiger partial charge in [-0.15, -0.1) is 11.8 Å². The Labute approximate surface area is 96.2 Å². The third-order valence-electron chi connectivity index (χ3n) is 1.63. The second-order valence-electron chi connectivity index (χ2n) is 2.70. The predicted octanol–water partition coefficient (Wildman–Crippen LogP) is 2.86. The number of thioether (sulfide) groups is 1. The molecular formula is C10H11BrO2S. The molecule has 76 valence electrons. The van der Waals surface area contributed by atoms with Gasteiger partial charge >= 0.3 is 5.97 Å². The number of esters is 1. The molecule has 1 aromatic rings. The number of rotatable bonds is 4. The van der Waals surface area contributed by atoms with Gasteiger partial charge < -0.3 is 4.74 Å². The summed E-state index contributed by atoms with van der Waals surface area (Å²) in [6.45, 7) is 0. The Kier molecular flexibility index (Phi) is 5.04. The van der Waals surface area contributed by atoms with E-state index in [1.54, 1.807) is 11.8 Å². The average molecular weight is 275 g/mol. The number of methoxy groups -OCH3 is 1. The fraction of sp³-hybridized carbons (Fsp3) is 0.300. The number of halogens is 1. The van der Waals surface area contributed by atoms with E-state index < -0.39 is 0 Å². The van der Waals surface area contributed by atoms with Crippen LogP contribution in [0, 0.1) is 0 Å². The summed E-state index contributed by atoms with van der Waals surface area (Å²) >= 11 is 4.92. The van der Waals surface area contributed by atoms with Gasteiger partial charge in [0, 0.05) is 10.2 Å². The quantitative estimate of drug-likeness (QED) is 0.790. The van der Waals surface area contributed by atoms with Crippen molar-refractivity contribution >= 4 is 33.7 Å². The molecule has 0 aliphatic heterocycles. The minimum Gasteiger partial charge on any atom is -0.468 e. The van der Waals surface area contributed by atoms with Crippen molar-refractivity contribution in [3.63, 3.8) is 0 Å². The Bertz CT molecular complexity index is 297. The number of ether oxygens (including phenoxy) is 1. The van der Waals surface area contributed by atoms with Gasteiger partial charge in [-0.3, -0.25) is 4.79 Å². The highest BCUT2D eigenvalue weighted by Crippen LogP contribution is 2.15. The summed E-state index contributed by atoms with van der Waals surface area (Å²) in [6.07, 6.45) is 0. The molecule has 0 atom stereocenters.